The van der Waals surface area contributed by atoms with E-state index in [-0.39, 0.29) is 5.91 Å². The van der Waals surface area contributed by atoms with Crippen molar-refractivity contribution in [2.75, 3.05) is 6.61 Å². The molecular weight excluding hydrogens is 204 g/mol. The van der Waals surface area contributed by atoms with E-state index in [4.69, 9.17) is 4.74 Å². The van der Waals surface area contributed by atoms with Crippen LogP contribution in [0.25, 0.3) is 0 Å². The van der Waals surface area contributed by atoms with Crippen LogP contribution in [0, 0.1) is 0 Å². The average Bonchev–Trinajstić information content (AvgIpc) is 2.32. The van der Waals surface area contributed by atoms with Crippen LogP contribution in [-0.4, -0.2) is 18.2 Å². The zero-order valence-corrected chi connectivity index (χ0v) is 9.19. The lowest BCUT2D eigenvalue weighted by Gasteiger charge is -2.12. The maximum absolute atomic E-state index is 10.9. The largest absolute Gasteiger partial charge is 0.494 e. The van der Waals surface area contributed by atoms with E-state index in [0.717, 1.165) is 17.0 Å². The molecule has 0 unspecified atom stereocenters. The first kappa shape index (κ1) is 10.7. The van der Waals surface area contributed by atoms with Gasteiger partial charge in [-0.1, -0.05) is 0 Å². The standard InChI is InChI=1S/C12H14N2O2/c1-2-16-10-5-3-9(4-6-10)11-7-8-12(15)14-13-11/h3-6H,2,7-8H2,1H3,(H,14,15). The fourth-order valence-electron chi connectivity index (χ4n) is 1.59. The van der Waals surface area contributed by atoms with Gasteiger partial charge in [0, 0.05) is 12.8 Å². The molecule has 0 fully saturated rings. The number of hydrogen-bond acceptors (Lipinski definition) is 3. The Kier molecular flexibility index (Phi) is 3.19. The van der Waals surface area contributed by atoms with Crippen LogP contribution < -0.4 is 10.2 Å². The molecule has 1 aliphatic rings. The van der Waals surface area contributed by atoms with E-state index in [1.54, 1.807) is 0 Å². The lowest BCUT2D eigenvalue weighted by Crippen LogP contribution is -2.25. The predicted molar refractivity (Wildman–Crippen MR) is 61.5 cm³/mol. The van der Waals surface area contributed by atoms with E-state index in [1.807, 2.05) is 31.2 Å². The quantitative estimate of drug-likeness (QED) is 0.839. The van der Waals surface area contributed by atoms with Crippen LogP contribution >= 0.6 is 0 Å². The maximum atomic E-state index is 10.9. The van der Waals surface area contributed by atoms with Gasteiger partial charge < -0.3 is 4.74 Å². The average molecular weight is 218 g/mol. The van der Waals surface area contributed by atoms with Crippen LogP contribution in [0.3, 0.4) is 0 Å². The van der Waals surface area contributed by atoms with Crippen LogP contribution in [0.2, 0.25) is 0 Å². The lowest BCUT2D eigenvalue weighted by atomic mass is 10.0. The molecule has 0 atom stereocenters. The Hall–Kier alpha value is -1.84. The summed E-state index contributed by atoms with van der Waals surface area (Å²) in [6.07, 6.45) is 1.20. The van der Waals surface area contributed by atoms with Gasteiger partial charge in [0.1, 0.15) is 5.75 Å². The summed E-state index contributed by atoms with van der Waals surface area (Å²) >= 11 is 0. The number of benzene rings is 1. The minimum atomic E-state index is -0.0188. The Bertz CT molecular complexity index is 410. The second-order valence-electron chi connectivity index (χ2n) is 3.55. The molecule has 1 aromatic carbocycles. The van der Waals surface area contributed by atoms with Gasteiger partial charge in [0.2, 0.25) is 5.91 Å². The molecule has 1 N–H and O–H groups in total. The minimum absolute atomic E-state index is 0.0188. The zero-order chi connectivity index (χ0) is 11.4. The van der Waals surface area contributed by atoms with E-state index in [9.17, 15) is 4.79 Å². The van der Waals surface area contributed by atoms with Crippen molar-refractivity contribution in [2.45, 2.75) is 19.8 Å². The number of carbonyl (C=O) groups excluding carboxylic acids is 1. The Labute approximate surface area is 94.3 Å². The van der Waals surface area contributed by atoms with Gasteiger partial charge in [0.25, 0.3) is 0 Å². The second kappa shape index (κ2) is 4.79. The van der Waals surface area contributed by atoms with Gasteiger partial charge in [-0.3, -0.25) is 4.79 Å². The zero-order valence-electron chi connectivity index (χ0n) is 9.19. The third-order valence-corrected chi connectivity index (χ3v) is 2.40. The van der Waals surface area contributed by atoms with Crippen LogP contribution in [0.4, 0.5) is 0 Å². The summed E-state index contributed by atoms with van der Waals surface area (Å²) in [7, 11) is 0. The number of amides is 1. The Morgan fingerprint density at radius 3 is 2.62 bits per heavy atom. The van der Waals surface area contributed by atoms with Crippen LogP contribution in [0.5, 0.6) is 5.75 Å². The number of nitrogens with zero attached hydrogens (tertiary/aromatic N) is 1. The summed E-state index contributed by atoms with van der Waals surface area (Å²) < 4.78 is 5.36. The number of carbonyl (C=O) groups is 1. The molecule has 0 aromatic heterocycles. The molecule has 4 heteroatoms. The number of rotatable bonds is 3. The van der Waals surface area contributed by atoms with Crippen molar-refractivity contribution in [2.24, 2.45) is 5.10 Å². The first-order valence-electron chi connectivity index (χ1n) is 5.38. The topological polar surface area (TPSA) is 50.7 Å². The first-order valence-corrected chi connectivity index (χ1v) is 5.38. The summed E-state index contributed by atoms with van der Waals surface area (Å²) in [6.45, 7) is 2.62. The molecule has 0 radical (unpaired) electrons. The monoisotopic (exact) mass is 218 g/mol. The van der Waals surface area contributed by atoms with E-state index in [2.05, 4.69) is 10.5 Å². The molecule has 1 aliphatic heterocycles. The lowest BCUT2D eigenvalue weighted by molar-refractivity contribution is -0.121. The molecule has 0 saturated carbocycles. The number of hydrogen-bond donors (Lipinski definition) is 1. The summed E-state index contributed by atoms with van der Waals surface area (Å²) in [5.41, 5.74) is 4.44. The first-order chi connectivity index (χ1) is 7.79. The highest BCUT2D eigenvalue weighted by Gasteiger charge is 2.12. The van der Waals surface area contributed by atoms with Crippen molar-refractivity contribution in [3.8, 4) is 5.75 Å². The highest BCUT2D eigenvalue weighted by molar-refractivity contribution is 6.04. The van der Waals surface area contributed by atoms with Gasteiger partial charge >= 0.3 is 0 Å². The van der Waals surface area contributed by atoms with Gasteiger partial charge in [-0.05, 0) is 36.8 Å². The van der Waals surface area contributed by atoms with Crippen molar-refractivity contribution >= 4 is 11.6 Å². The van der Waals surface area contributed by atoms with Gasteiger partial charge in [-0.25, -0.2) is 5.43 Å². The van der Waals surface area contributed by atoms with Crippen molar-refractivity contribution in [3.05, 3.63) is 29.8 Å². The summed E-state index contributed by atoms with van der Waals surface area (Å²) in [4.78, 5) is 10.9. The van der Waals surface area contributed by atoms with Gasteiger partial charge in [-0.15, -0.1) is 0 Å². The Morgan fingerprint density at radius 2 is 2.06 bits per heavy atom. The maximum Gasteiger partial charge on any atom is 0.240 e. The number of hydrazone groups is 1. The van der Waals surface area contributed by atoms with Crippen molar-refractivity contribution in [1.82, 2.24) is 5.43 Å². The van der Waals surface area contributed by atoms with Crippen LogP contribution in [0.1, 0.15) is 25.3 Å². The molecule has 84 valence electrons. The van der Waals surface area contributed by atoms with E-state index in [1.165, 1.54) is 0 Å². The molecule has 2 rings (SSSR count). The summed E-state index contributed by atoms with van der Waals surface area (Å²) in [5, 5.41) is 4.03. The van der Waals surface area contributed by atoms with Gasteiger partial charge in [0.05, 0.1) is 12.3 Å². The number of nitrogens with one attached hydrogen (secondary N) is 1. The van der Waals surface area contributed by atoms with Crippen molar-refractivity contribution < 1.29 is 9.53 Å². The van der Waals surface area contributed by atoms with E-state index >= 15 is 0 Å². The summed E-state index contributed by atoms with van der Waals surface area (Å²) in [6, 6.07) is 7.75. The fourth-order valence-corrected chi connectivity index (χ4v) is 1.59. The predicted octanol–water partition coefficient (Wildman–Crippen LogP) is 1.70. The van der Waals surface area contributed by atoms with Crippen molar-refractivity contribution in [3.63, 3.8) is 0 Å². The Morgan fingerprint density at radius 1 is 1.31 bits per heavy atom. The normalized spacial score (nSPS) is 15.3. The van der Waals surface area contributed by atoms with Gasteiger partial charge in [-0.2, -0.15) is 5.10 Å². The molecule has 0 spiro atoms. The second-order valence-corrected chi connectivity index (χ2v) is 3.55. The molecular formula is C12H14N2O2. The minimum Gasteiger partial charge on any atom is -0.494 e. The summed E-state index contributed by atoms with van der Waals surface area (Å²) in [5.74, 6) is 0.835. The molecule has 16 heavy (non-hydrogen) atoms. The van der Waals surface area contributed by atoms with Crippen LogP contribution in [-0.2, 0) is 4.79 Å². The molecule has 0 aliphatic carbocycles. The molecule has 1 heterocycles. The molecule has 1 aromatic rings. The highest BCUT2D eigenvalue weighted by atomic mass is 16.5. The molecule has 4 nitrogen and oxygen atoms in total. The molecule has 0 saturated heterocycles. The van der Waals surface area contributed by atoms with Crippen molar-refractivity contribution in [1.29, 1.82) is 0 Å². The SMILES string of the molecule is CCOc1ccc(C2=NNC(=O)CC2)cc1. The molecule has 0 bridgehead atoms. The Balaban J connectivity index is 2.12. The number of ether oxygens (including phenoxy) is 1. The van der Waals surface area contributed by atoms with Crippen LogP contribution in [0.15, 0.2) is 29.4 Å². The molecule has 1 amide bonds. The fraction of sp³-hybridized carbons (Fsp3) is 0.333. The van der Waals surface area contributed by atoms with Gasteiger partial charge in [0.15, 0.2) is 0 Å². The van der Waals surface area contributed by atoms with E-state index < -0.39 is 0 Å². The smallest absolute Gasteiger partial charge is 0.240 e. The third kappa shape index (κ3) is 2.39. The van der Waals surface area contributed by atoms with E-state index in [0.29, 0.717) is 19.4 Å². The highest BCUT2D eigenvalue weighted by Crippen LogP contribution is 2.15. The third-order valence-electron chi connectivity index (χ3n) is 2.40.